The zero-order valence-electron chi connectivity index (χ0n) is 28.7. The molecule has 0 spiro atoms. The molecule has 1 saturated carbocycles. The Balaban J connectivity index is 2.14. The second kappa shape index (κ2) is 19.1. The molecule has 11 heteroatoms. The first-order valence-electron chi connectivity index (χ1n) is 16.6. The molecule has 3 atom stereocenters. The summed E-state index contributed by atoms with van der Waals surface area (Å²) >= 11 is 0. The zero-order chi connectivity index (χ0) is 34.3. The summed E-state index contributed by atoms with van der Waals surface area (Å²) < 4.78 is 16.5. The second-order valence-corrected chi connectivity index (χ2v) is 14.0. The third-order valence-electron chi connectivity index (χ3n) is 7.37. The minimum absolute atomic E-state index is 0.00682. The molecule has 258 valence electrons. The molecule has 3 N–H and O–H groups in total. The molecular formula is C35H55N3O8. The number of ether oxygens (including phenoxy) is 3. The minimum atomic E-state index is -1.17. The SMILES string of the molecule is CC(C)C[C@H](NC(=O)[C@H](CCC(=O)OC1CCCCC1)NC(=O)OC(C)(C)C)C(=O)N[C@@H](CC(C)C)C(=O)OCc1ccccc1. The van der Waals surface area contributed by atoms with Gasteiger partial charge in [-0.25, -0.2) is 9.59 Å². The molecule has 1 aliphatic rings. The Kier molecular flexibility index (Phi) is 16.0. The first-order valence-corrected chi connectivity index (χ1v) is 16.6. The van der Waals surface area contributed by atoms with Crippen LogP contribution in [0, 0.1) is 11.8 Å². The topological polar surface area (TPSA) is 149 Å². The van der Waals surface area contributed by atoms with Gasteiger partial charge in [-0.1, -0.05) is 64.4 Å². The Morgan fingerprint density at radius 2 is 1.35 bits per heavy atom. The van der Waals surface area contributed by atoms with Gasteiger partial charge in [0.05, 0.1) is 0 Å². The maximum atomic E-state index is 13.6. The summed E-state index contributed by atoms with van der Waals surface area (Å²) in [5, 5.41) is 8.10. The van der Waals surface area contributed by atoms with E-state index in [0.29, 0.717) is 6.42 Å². The number of benzene rings is 1. The average Bonchev–Trinajstić information content (AvgIpc) is 2.96. The second-order valence-electron chi connectivity index (χ2n) is 14.0. The van der Waals surface area contributed by atoms with Crippen molar-refractivity contribution in [3.63, 3.8) is 0 Å². The van der Waals surface area contributed by atoms with Crippen LogP contribution in [0.1, 0.15) is 112 Å². The largest absolute Gasteiger partial charge is 0.462 e. The number of esters is 2. The quantitative estimate of drug-likeness (QED) is 0.161. The lowest BCUT2D eigenvalue weighted by Crippen LogP contribution is -2.56. The van der Waals surface area contributed by atoms with Crippen molar-refractivity contribution in [3.8, 4) is 0 Å². The number of carbonyl (C=O) groups excluding carboxylic acids is 5. The Labute approximate surface area is 274 Å². The fourth-order valence-electron chi connectivity index (χ4n) is 5.17. The molecule has 0 aromatic heterocycles. The normalized spacial score (nSPS) is 15.8. The molecular weight excluding hydrogens is 590 g/mol. The summed E-state index contributed by atoms with van der Waals surface area (Å²) in [6.07, 6.45) is 4.27. The Morgan fingerprint density at radius 1 is 0.783 bits per heavy atom. The van der Waals surface area contributed by atoms with E-state index in [0.717, 1.165) is 37.7 Å². The number of carbonyl (C=O) groups is 5. The molecule has 46 heavy (non-hydrogen) atoms. The standard InChI is InChI=1S/C35H55N3O8/c1-23(2)20-28(32(41)37-29(21-24(3)4)33(42)44-22-25-14-10-8-11-15-25)36-31(40)27(38-34(43)46-35(5,6)7)18-19-30(39)45-26-16-12-9-13-17-26/h8,10-11,14-15,23-24,26-29H,9,12-13,16-22H2,1-7H3,(H,36,40)(H,37,41)(H,38,43)/t27-,28-,29-/m0/s1. The van der Waals surface area contributed by atoms with Crippen LogP contribution in [0.2, 0.25) is 0 Å². The highest BCUT2D eigenvalue weighted by Crippen LogP contribution is 2.21. The highest BCUT2D eigenvalue weighted by molar-refractivity contribution is 5.93. The van der Waals surface area contributed by atoms with E-state index < -0.39 is 53.6 Å². The summed E-state index contributed by atoms with van der Waals surface area (Å²) in [4.78, 5) is 65.5. The molecule has 1 aromatic carbocycles. The number of nitrogens with one attached hydrogen (secondary N) is 3. The van der Waals surface area contributed by atoms with Crippen LogP contribution in [0.4, 0.5) is 4.79 Å². The van der Waals surface area contributed by atoms with Crippen molar-refractivity contribution in [1.82, 2.24) is 16.0 Å². The van der Waals surface area contributed by atoms with Crippen molar-refractivity contribution in [1.29, 1.82) is 0 Å². The lowest BCUT2D eigenvalue weighted by atomic mass is 9.98. The predicted octanol–water partition coefficient (Wildman–Crippen LogP) is 5.34. The fourth-order valence-corrected chi connectivity index (χ4v) is 5.17. The summed E-state index contributed by atoms with van der Waals surface area (Å²) in [7, 11) is 0. The number of alkyl carbamates (subject to hydrolysis) is 1. The van der Waals surface area contributed by atoms with Gasteiger partial charge in [-0.3, -0.25) is 14.4 Å². The van der Waals surface area contributed by atoms with E-state index in [-0.39, 0.29) is 43.8 Å². The lowest BCUT2D eigenvalue weighted by Gasteiger charge is -2.27. The molecule has 1 aromatic rings. The van der Waals surface area contributed by atoms with Crippen molar-refractivity contribution in [3.05, 3.63) is 35.9 Å². The molecule has 0 unspecified atom stereocenters. The lowest BCUT2D eigenvalue weighted by molar-refractivity contribution is -0.151. The van der Waals surface area contributed by atoms with Gasteiger partial charge in [-0.05, 0) is 83.1 Å². The van der Waals surface area contributed by atoms with Crippen molar-refractivity contribution in [2.45, 2.75) is 143 Å². The van der Waals surface area contributed by atoms with E-state index in [4.69, 9.17) is 14.2 Å². The van der Waals surface area contributed by atoms with E-state index in [1.54, 1.807) is 20.8 Å². The van der Waals surface area contributed by atoms with Crippen LogP contribution in [0.3, 0.4) is 0 Å². The van der Waals surface area contributed by atoms with Crippen LogP contribution < -0.4 is 16.0 Å². The maximum absolute atomic E-state index is 13.6. The molecule has 0 heterocycles. The molecule has 11 nitrogen and oxygen atoms in total. The summed E-state index contributed by atoms with van der Waals surface area (Å²) in [6, 6.07) is 6.14. The van der Waals surface area contributed by atoms with Gasteiger partial charge in [-0.2, -0.15) is 0 Å². The minimum Gasteiger partial charge on any atom is -0.462 e. The number of hydrogen-bond donors (Lipinski definition) is 3. The van der Waals surface area contributed by atoms with E-state index >= 15 is 0 Å². The smallest absolute Gasteiger partial charge is 0.408 e. The van der Waals surface area contributed by atoms with Crippen LogP contribution in [0.25, 0.3) is 0 Å². The fraction of sp³-hybridized carbons (Fsp3) is 0.686. The molecule has 0 aliphatic heterocycles. The molecule has 0 saturated heterocycles. The van der Waals surface area contributed by atoms with E-state index in [1.165, 1.54) is 0 Å². The van der Waals surface area contributed by atoms with Gasteiger partial charge < -0.3 is 30.2 Å². The van der Waals surface area contributed by atoms with Gasteiger partial charge in [0.25, 0.3) is 0 Å². The maximum Gasteiger partial charge on any atom is 0.408 e. The van der Waals surface area contributed by atoms with Crippen molar-refractivity contribution in [2.24, 2.45) is 11.8 Å². The molecule has 1 aliphatic carbocycles. The van der Waals surface area contributed by atoms with E-state index in [2.05, 4.69) is 16.0 Å². The first kappa shape index (κ1) is 38.6. The third-order valence-corrected chi connectivity index (χ3v) is 7.37. The van der Waals surface area contributed by atoms with Crippen molar-refractivity contribution < 1.29 is 38.2 Å². The molecule has 0 radical (unpaired) electrons. The molecule has 1 fully saturated rings. The number of rotatable bonds is 16. The van der Waals surface area contributed by atoms with Gasteiger partial charge in [0.1, 0.15) is 36.4 Å². The number of hydrogen-bond acceptors (Lipinski definition) is 8. The van der Waals surface area contributed by atoms with Gasteiger partial charge in [0.15, 0.2) is 0 Å². The van der Waals surface area contributed by atoms with E-state index in [1.807, 2.05) is 58.0 Å². The number of amides is 3. The van der Waals surface area contributed by atoms with Crippen LogP contribution in [0.5, 0.6) is 0 Å². The van der Waals surface area contributed by atoms with Gasteiger partial charge in [0.2, 0.25) is 11.8 Å². The van der Waals surface area contributed by atoms with Gasteiger partial charge in [0, 0.05) is 6.42 Å². The van der Waals surface area contributed by atoms with Crippen molar-refractivity contribution >= 4 is 29.8 Å². The van der Waals surface area contributed by atoms with Crippen molar-refractivity contribution in [2.75, 3.05) is 0 Å². The Morgan fingerprint density at radius 3 is 1.93 bits per heavy atom. The molecule has 2 rings (SSSR count). The summed E-state index contributed by atoms with van der Waals surface area (Å²) in [6.45, 7) is 12.8. The first-order chi connectivity index (χ1) is 21.6. The Bertz CT molecular complexity index is 1130. The third kappa shape index (κ3) is 15.6. The summed E-state index contributed by atoms with van der Waals surface area (Å²) in [5.74, 6) is -2.13. The molecule has 3 amide bonds. The molecule has 0 bridgehead atoms. The highest BCUT2D eigenvalue weighted by atomic mass is 16.6. The van der Waals surface area contributed by atoms with Crippen LogP contribution >= 0.6 is 0 Å². The van der Waals surface area contributed by atoms with Gasteiger partial charge >= 0.3 is 18.0 Å². The zero-order valence-corrected chi connectivity index (χ0v) is 28.7. The van der Waals surface area contributed by atoms with E-state index in [9.17, 15) is 24.0 Å². The van der Waals surface area contributed by atoms with Crippen LogP contribution in [-0.2, 0) is 40.0 Å². The van der Waals surface area contributed by atoms with Crippen LogP contribution in [0.15, 0.2) is 30.3 Å². The Hall–Kier alpha value is -3.63. The highest BCUT2D eigenvalue weighted by Gasteiger charge is 2.32. The monoisotopic (exact) mass is 645 g/mol. The van der Waals surface area contributed by atoms with Crippen LogP contribution in [-0.4, -0.2) is 59.7 Å². The predicted molar refractivity (Wildman–Crippen MR) is 174 cm³/mol. The summed E-state index contributed by atoms with van der Waals surface area (Å²) in [5.41, 5.74) is 0.00704. The van der Waals surface area contributed by atoms with Gasteiger partial charge in [-0.15, -0.1) is 0 Å². The average molecular weight is 646 g/mol.